The Hall–Kier alpha value is 0.130. The molecule has 0 aliphatic carbocycles. The Morgan fingerprint density at radius 1 is 1.40 bits per heavy atom. The molecule has 0 amide bonds. The van der Waals surface area contributed by atoms with Crippen LogP contribution in [-0.2, 0) is 0 Å². The topological polar surface area (TPSA) is 6.48 Å². The second-order valence-electron chi connectivity index (χ2n) is 4.54. The van der Waals surface area contributed by atoms with Crippen molar-refractivity contribution < 1.29 is 0 Å². The smallest absolute Gasteiger partial charge is 0.0238 e. The van der Waals surface area contributed by atoms with E-state index in [2.05, 4.69) is 56.5 Å². The van der Waals surface area contributed by atoms with E-state index in [9.17, 15) is 0 Å². The second kappa shape index (κ2) is 4.97. The van der Waals surface area contributed by atoms with Gasteiger partial charge in [0.15, 0.2) is 0 Å². The Bertz CT molecular complexity index is 261. The number of halogens is 1. The molecule has 15 heavy (non-hydrogen) atoms. The predicted molar refractivity (Wildman–Crippen MR) is 73.1 cm³/mol. The van der Waals surface area contributed by atoms with E-state index in [0.717, 1.165) is 18.6 Å². The average molecular weight is 318 g/mol. The van der Waals surface area contributed by atoms with Crippen molar-refractivity contribution in [2.75, 3.05) is 19.6 Å². The van der Waals surface area contributed by atoms with Crippen LogP contribution in [0.4, 0.5) is 0 Å². The van der Waals surface area contributed by atoms with Crippen molar-refractivity contribution in [3.63, 3.8) is 0 Å². The minimum Gasteiger partial charge on any atom is -0.291 e. The van der Waals surface area contributed by atoms with Gasteiger partial charge in [0.2, 0.25) is 0 Å². The highest BCUT2D eigenvalue weighted by molar-refractivity contribution is 14.1. The fourth-order valence-corrected chi connectivity index (χ4v) is 3.63. The van der Waals surface area contributed by atoms with E-state index >= 15 is 0 Å². The summed E-state index contributed by atoms with van der Waals surface area (Å²) < 4.78 is 2.44. The van der Waals surface area contributed by atoms with E-state index in [4.69, 9.17) is 0 Å². The lowest BCUT2D eigenvalue weighted by molar-refractivity contribution is 0.136. The van der Waals surface area contributed by atoms with Crippen molar-refractivity contribution in [2.24, 2.45) is 0 Å². The summed E-state index contributed by atoms with van der Waals surface area (Å²) in [5.41, 5.74) is 1.25. The summed E-state index contributed by atoms with van der Waals surface area (Å²) in [7, 11) is 0. The van der Waals surface area contributed by atoms with Crippen LogP contribution in [0.3, 0.4) is 0 Å². The molecule has 2 unspecified atom stereocenters. The van der Waals surface area contributed by atoms with Crippen molar-refractivity contribution in [3.05, 3.63) is 24.3 Å². The van der Waals surface area contributed by atoms with Gasteiger partial charge in [-0.05, 0) is 25.3 Å². The molecule has 2 fully saturated rings. The number of piperazine rings is 1. The van der Waals surface area contributed by atoms with Crippen molar-refractivity contribution in [1.29, 1.82) is 0 Å². The lowest BCUT2D eigenvalue weighted by atomic mass is 10.1. The third-order valence-electron chi connectivity index (χ3n) is 3.38. The van der Waals surface area contributed by atoms with Gasteiger partial charge in [-0.3, -0.25) is 4.90 Å². The van der Waals surface area contributed by atoms with Gasteiger partial charge >= 0.3 is 0 Å². The van der Waals surface area contributed by atoms with Gasteiger partial charge in [-0.15, -0.1) is 0 Å². The number of rotatable bonds is 3. The molecule has 0 saturated carbocycles. The highest BCUT2D eigenvalue weighted by Gasteiger charge is 2.38. The predicted octanol–water partition coefficient (Wildman–Crippen LogP) is 2.62. The first-order valence-electron chi connectivity index (χ1n) is 5.67. The zero-order valence-corrected chi connectivity index (χ0v) is 11.5. The summed E-state index contributed by atoms with van der Waals surface area (Å²) in [5.74, 6) is 0. The number of hydrogen-bond acceptors (Lipinski definition) is 2. The zero-order chi connectivity index (χ0) is 10.8. The lowest BCUT2D eigenvalue weighted by Gasteiger charge is -2.38. The minimum atomic E-state index is 0.766. The summed E-state index contributed by atoms with van der Waals surface area (Å²) >= 11 is 2.46. The fraction of sp³-hybridized carbons (Fsp3) is 0.667. The first kappa shape index (κ1) is 11.6. The van der Waals surface area contributed by atoms with Crippen LogP contribution in [0.15, 0.2) is 24.3 Å². The molecule has 3 heteroatoms. The first-order chi connectivity index (χ1) is 7.20. The normalized spacial score (nSPS) is 32.7. The SMILES string of the molecule is C=C(/C=C\C)CN1C2CCC1CN(I)C2. The molecule has 2 nitrogen and oxygen atoms in total. The van der Waals surface area contributed by atoms with E-state index in [1.807, 2.05) is 0 Å². The fourth-order valence-electron chi connectivity index (χ4n) is 2.72. The quantitative estimate of drug-likeness (QED) is 0.448. The van der Waals surface area contributed by atoms with Gasteiger partial charge in [0.1, 0.15) is 0 Å². The van der Waals surface area contributed by atoms with Crippen LogP contribution in [0.2, 0.25) is 0 Å². The lowest BCUT2D eigenvalue weighted by Crippen LogP contribution is -2.50. The molecule has 2 heterocycles. The first-order valence-corrected chi connectivity index (χ1v) is 6.64. The number of hydrogen-bond donors (Lipinski definition) is 0. The highest BCUT2D eigenvalue weighted by atomic mass is 127. The molecule has 2 rings (SSSR count). The van der Waals surface area contributed by atoms with Gasteiger partial charge in [0.05, 0.1) is 0 Å². The van der Waals surface area contributed by atoms with Crippen molar-refractivity contribution >= 4 is 22.9 Å². The molecule has 0 N–H and O–H groups in total. The summed E-state index contributed by atoms with van der Waals surface area (Å²) in [6.07, 6.45) is 6.95. The van der Waals surface area contributed by atoms with Crippen LogP contribution in [0.5, 0.6) is 0 Å². The molecule has 0 radical (unpaired) electrons. The Morgan fingerprint density at radius 3 is 2.53 bits per heavy atom. The molecule has 2 saturated heterocycles. The van der Waals surface area contributed by atoms with Crippen LogP contribution in [0.25, 0.3) is 0 Å². The highest BCUT2D eigenvalue weighted by Crippen LogP contribution is 2.31. The van der Waals surface area contributed by atoms with Gasteiger partial charge in [0.25, 0.3) is 0 Å². The molecule has 2 atom stereocenters. The maximum atomic E-state index is 4.11. The Balaban J connectivity index is 1.96. The van der Waals surface area contributed by atoms with Gasteiger partial charge in [-0.1, -0.05) is 18.7 Å². The van der Waals surface area contributed by atoms with Crippen molar-refractivity contribution in [2.45, 2.75) is 31.8 Å². The van der Waals surface area contributed by atoms with E-state index in [-0.39, 0.29) is 0 Å². The molecule has 84 valence electrons. The molecule has 0 aromatic heterocycles. The monoisotopic (exact) mass is 318 g/mol. The summed E-state index contributed by atoms with van der Waals surface area (Å²) in [4.78, 5) is 2.65. The molecule has 0 spiro atoms. The molecule has 2 aliphatic rings. The van der Waals surface area contributed by atoms with Crippen LogP contribution in [0.1, 0.15) is 19.8 Å². The van der Waals surface area contributed by atoms with Gasteiger partial charge < -0.3 is 0 Å². The summed E-state index contributed by atoms with van der Waals surface area (Å²) in [5, 5.41) is 0. The molecule has 0 aromatic carbocycles. The Kier molecular flexibility index (Phi) is 3.85. The molecular weight excluding hydrogens is 299 g/mol. The second-order valence-corrected chi connectivity index (χ2v) is 5.91. The molecule has 2 bridgehead atoms. The van der Waals surface area contributed by atoms with E-state index in [1.165, 1.54) is 31.5 Å². The van der Waals surface area contributed by atoms with Gasteiger partial charge in [-0.25, -0.2) is 3.11 Å². The van der Waals surface area contributed by atoms with Crippen molar-refractivity contribution in [1.82, 2.24) is 8.01 Å². The third-order valence-corrected chi connectivity index (χ3v) is 4.16. The van der Waals surface area contributed by atoms with Crippen LogP contribution < -0.4 is 0 Å². The van der Waals surface area contributed by atoms with Crippen LogP contribution in [0, 0.1) is 0 Å². The van der Waals surface area contributed by atoms with Crippen LogP contribution in [-0.4, -0.2) is 39.7 Å². The standard InChI is InChI=1S/C12H19IN2/c1-3-4-10(2)7-15-11-5-6-12(15)9-14(13)8-11/h3-4,11-12H,2,5-9H2,1H3/b4-3-. The van der Waals surface area contributed by atoms with E-state index < -0.39 is 0 Å². The summed E-state index contributed by atoms with van der Waals surface area (Å²) in [6.45, 7) is 9.67. The minimum absolute atomic E-state index is 0.766. The van der Waals surface area contributed by atoms with E-state index in [0.29, 0.717) is 0 Å². The molecular formula is C12H19IN2. The average Bonchev–Trinajstić information content (AvgIpc) is 2.44. The Morgan fingerprint density at radius 2 is 2.00 bits per heavy atom. The molecule has 0 aromatic rings. The third kappa shape index (κ3) is 2.63. The van der Waals surface area contributed by atoms with Crippen LogP contribution >= 0.6 is 22.9 Å². The summed E-state index contributed by atoms with van der Waals surface area (Å²) in [6, 6.07) is 1.53. The van der Waals surface area contributed by atoms with Gasteiger partial charge in [-0.2, -0.15) is 0 Å². The van der Waals surface area contributed by atoms with E-state index in [1.54, 1.807) is 0 Å². The maximum absolute atomic E-state index is 4.11. The number of nitrogens with zero attached hydrogens (tertiary/aromatic N) is 2. The van der Waals surface area contributed by atoms with Crippen molar-refractivity contribution in [3.8, 4) is 0 Å². The number of fused-ring (bicyclic) bond motifs is 2. The maximum Gasteiger partial charge on any atom is 0.0238 e. The largest absolute Gasteiger partial charge is 0.291 e. The number of allylic oxidation sites excluding steroid dienone is 1. The van der Waals surface area contributed by atoms with Gasteiger partial charge in [0, 0.05) is 54.6 Å². The Labute approximate surface area is 107 Å². The molecule has 2 aliphatic heterocycles. The zero-order valence-electron chi connectivity index (χ0n) is 9.32.